The Bertz CT molecular complexity index is 958. The van der Waals surface area contributed by atoms with E-state index in [1.807, 2.05) is 30.3 Å². The quantitative estimate of drug-likeness (QED) is 0.725. The van der Waals surface area contributed by atoms with Gasteiger partial charge in [0.25, 0.3) is 11.8 Å². The van der Waals surface area contributed by atoms with Crippen LogP contribution in [-0.4, -0.2) is 16.8 Å². The molecule has 1 heterocycles. The molecule has 7 heteroatoms. The van der Waals surface area contributed by atoms with Gasteiger partial charge in [-0.1, -0.05) is 36.4 Å². The molecule has 2 N–H and O–H groups in total. The van der Waals surface area contributed by atoms with Gasteiger partial charge in [0.15, 0.2) is 0 Å². The predicted molar refractivity (Wildman–Crippen MR) is 96.2 cm³/mol. The number of hydrogen-bond donors (Lipinski definition) is 2. The Morgan fingerprint density at radius 2 is 1.48 bits per heavy atom. The zero-order chi connectivity index (χ0) is 19.2. The van der Waals surface area contributed by atoms with Gasteiger partial charge in [-0.2, -0.15) is 0 Å². The minimum absolute atomic E-state index is 0.00464. The number of rotatable bonds is 5. The Morgan fingerprint density at radius 3 is 2.15 bits per heavy atom. The lowest BCUT2D eigenvalue weighted by Gasteiger charge is -2.09. The number of benzene rings is 2. The number of pyridine rings is 1. The van der Waals surface area contributed by atoms with E-state index in [4.69, 9.17) is 0 Å². The van der Waals surface area contributed by atoms with Crippen molar-refractivity contribution in [3.63, 3.8) is 0 Å². The van der Waals surface area contributed by atoms with E-state index < -0.39 is 29.1 Å². The molecule has 0 radical (unpaired) electrons. The van der Waals surface area contributed by atoms with Crippen molar-refractivity contribution in [3.05, 3.63) is 95.3 Å². The molecule has 5 nitrogen and oxygen atoms in total. The number of para-hydroxylation sites is 1. The lowest BCUT2D eigenvalue weighted by atomic mass is 10.1. The summed E-state index contributed by atoms with van der Waals surface area (Å²) in [6.45, 7) is 0.316. The van der Waals surface area contributed by atoms with Gasteiger partial charge in [0, 0.05) is 18.9 Å². The number of carbonyl (C=O) groups is 2. The van der Waals surface area contributed by atoms with Gasteiger partial charge >= 0.3 is 0 Å². The Balaban J connectivity index is 1.71. The largest absolute Gasteiger partial charge is 0.348 e. The fraction of sp³-hybridized carbons (Fsp3) is 0.0500. The average Bonchev–Trinajstić information content (AvgIpc) is 2.70. The van der Waals surface area contributed by atoms with E-state index in [0.29, 0.717) is 6.54 Å². The highest BCUT2D eigenvalue weighted by molar-refractivity contribution is 6.05. The summed E-state index contributed by atoms with van der Waals surface area (Å²) >= 11 is 0. The summed E-state index contributed by atoms with van der Waals surface area (Å²) in [5, 5.41) is 4.88. The molecule has 0 aliphatic heterocycles. The van der Waals surface area contributed by atoms with Crippen molar-refractivity contribution in [1.82, 2.24) is 10.3 Å². The minimum Gasteiger partial charge on any atom is -0.348 e. The zero-order valence-corrected chi connectivity index (χ0v) is 14.1. The van der Waals surface area contributed by atoms with Crippen LogP contribution in [0.15, 0.2) is 67.0 Å². The molecular weight excluding hydrogens is 352 g/mol. The van der Waals surface area contributed by atoms with Gasteiger partial charge in [-0.3, -0.25) is 14.6 Å². The van der Waals surface area contributed by atoms with Crippen molar-refractivity contribution < 1.29 is 18.4 Å². The van der Waals surface area contributed by atoms with Crippen molar-refractivity contribution >= 4 is 17.5 Å². The van der Waals surface area contributed by atoms with E-state index in [-0.39, 0.29) is 11.1 Å². The number of carbonyl (C=O) groups excluding carboxylic acids is 2. The van der Waals surface area contributed by atoms with E-state index in [9.17, 15) is 18.4 Å². The molecular formula is C20H15F2N3O2. The normalized spacial score (nSPS) is 10.3. The van der Waals surface area contributed by atoms with Crippen LogP contribution in [0.2, 0.25) is 0 Å². The van der Waals surface area contributed by atoms with Crippen molar-refractivity contribution in [1.29, 1.82) is 0 Å². The van der Waals surface area contributed by atoms with Crippen LogP contribution in [0.4, 0.5) is 14.5 Å². The van der Waals surface area contributed by atoms with Crippen molar-refractivity contribution in [2.24, 2.45) is 0 Å². The first-order chi connectivity index (χ1) is 13.0. The summed E-state index contributed by atoms with van der Waals surface area (Å²) in [4.78, 5) is 28.4. The molecule has 0 aliphatic rings. The van der Waals surface area contributed by atoms with Gasteiger partial charge in [0.05, 0.1) is 11.1 Å². The predicted octanol–water partition coefficient (Wildman–Crippen LogP) is 3.54. The molecule has 3 rings (SSSR count). The molecule has 1 aromatic heterocycles. The van der Waals surface area contributed by atoms with E-state index in [0.717, 1.165) is 17.7 Å². The number of hydrogen-bond acceptors (Lipinski definition) is 3. The van der Waals surface area contributed by atoms with Crippen LogP contribution in [0.1, 0.15) is 26.3 Å². The first-order valence-corrected chi connectivity index (χ1v) is 8.07. The fourth-order valence-corrected chi connectivity index (χ4v) is 2.37. The Kier molecular flexibility index (Phi) is 5.51. The monoisotopic (exact) mass is 367 g/mol. The standard InChI is InChI=1S/C20H15F2N3O2/c21-16-7-4-8-17(22)18(16)25-20(27)15-9-14(11-23-12-15)19(26)24-10-13-5-2-1-3-6-13/h1-9,11-12H,10H2,(H,24,26)(H,25,27). The second kappa shape index (κ2) is 8.18. The topological polar surface area (TPSA) is 71.1 Å². The van der Waals surface area contributed by atoms with Crippen molar-refractivity contribution in [3.8, 4) is 0 Å². The molecule has 0 aliphatic carbocycles. The van der Waals surface area contributed by atoms with Gasteiger partial charge in [0.1, 0.15) is 17.3 Å². The molecule has 0 spiro atoms. The maximum Gasteiger partial charge on any atom is 0.257 e. The number of anilines is 1. The summed E-state index contributed by atoms with van der Waals surface area (Å²) in [7, 11) is 0. The molecule has 2 amide bonds. The molecule has 0 bridgehead atoms. The molecule has 136 valence electrons. The van der Waals surface area contributed by atoms with Crippen molar-refractivity contribution in [2.75, 3.05) is 5.32 Å². The summed E-state index contributed by atoms with van der Waals surface area (Å²) < 4.78 is 27.3. The summed E-state index contributed by atoms with van der Waals surface area (Å²) in [5.74, 6) is -2.98. The maximum absolute atomic E-state index is 13.7. The smallest absolute Gasteiger partial charge is 0.257 e. The highest BCUT2D eigenvalue weighted by atomic mass is 19.1. The van der Waals surface area contributed by atoms with Crippen LogP contribution >= 0.6 is 0 Å². The summed E-state index contributed by atoms with van der Waals surface area (Å²) in [6, 6.07) is 13.9. The van der Waals surface area contributed by atoms with E-state index in [1.165, 1.54) is 24.5 Å². The Hall–Kier alpha value is -3.61. The first kappa shape index (κ1) is 18.2. The zero-order valence-electron chi connectivity index (χ0n) is 14.1. The van der Waals surface area contributed by atoms with Crippen molar-refractivity contribution in [2.45, 2.75) is 6.54 Å². The molecule has 27 heavy (non-hydrogen) atoms. The number of nitrogens with one attached hydrogen (secondary N) is 2. The highest BCUT2D eigenvalue weighted by Gasteiger charge is 2.15. The first-order valence-electron chi connectivity index (χ1n) is 8.07. The van der Waals surface area contributed by atoms with E-state index in [1.54, 1.807) is 0 Å². The lowest BCUT2D eigenvalue weighted by Crippen LogP contribution is -2.23. The molecule has 0 fully saturated rings. The number of nitrogens with zero attached hydrogens (tertiary/aromatic N) is 1. The van der Waals surface area contributed by atoms with Gasteiger partial charge in [-0.15, -0.1) is 0 Å². The fourth-order valence-electron chi connectivity index (χ4n) is 2.37. The van der Waals surface area contributed by atoms with Gasteiger partial charge < -0.3 is 10.6 Å². The van der Waals surface area contributed by atoms with Gasteiger partial charge in [-0.05, 0) is 23.8 Å². The maximum atomic E-state index is 13.7. The number of amides is 2. The third kappa shape index (κ3) is 4.52. The third-order valence-electron chi connectivity index (χ3n) is 3.76. The lowest BCUT2D eigenvalue weighted by molar-refractivity contribution is 0.0950. The summed E-state index contributed by atoms with van der Waals surface area (Å²) in [6.07, 6.45) is 2.52. The molecule has 2 aromatic carbocycles. The number of aromatic nitrogens is 1. The SMILES string of the molecule is O=C(NCc1ccccc1)c1cncc(C(=O)Nc2c(F)cccc2F)c1. The molecule has 3 aromatic rings. The van der Waals surface area contributed by atoms with E-state index >= 15 is 0 Å². The van der Waals surface area contributed by atoms with E-state index in [2.05, 4.69) is 15.6 Å². The number of halogens is 2. The highest BCUT2D eigenvalue weighted by Crippen LogP contribution is 2.19. The Morgan fingerprint density at radius 1 is 0.852 bits per heavy atom. The van der Waals surface area contributed by atoms with Crippen LogP contribution in [0.3, 0.4) is 0 Å². The van der Waals surface area contributed by atoms with Gasteiger partial charge in [0.2, 0.25) is 0 Å². The van der Waals surface area contributed by atoms with Crippen LogP contribution in [-0.2, 0) is 6.54 Å². The molecule has 0 saturated carbocycles. The van der Waals surface area contributed by atoms with Crippen LogP contribution < -0.4 is 10.6 Å². The molecule has 0 atom stereocenters. The second-order valence-corrected chi connectivity index (χ2v) is 5.68. The van der Waals surface area contributed by atoms with Gasteiger partial charge in [-0.25, -0.2) is 8.78 Å². The average molecular weight is 367 g/mol. The second-order valence-electron chi connectivity index (χ2n) is 5.68. The minimum atomic E-state index is -0.895. The summed E-state index contributed by atoms with van der Waals surface area (Å²) in [5.41, 5.74) is 0.529. The molecule has 0 saturated heterocycles. The van der Waals surface area contributed by atoms with Crippen LogP contribution in [0.25, 0.3) is 0 Å². The van der Waals surface area contributed by atoms with Crippen LogP contribution in [0, 0.1) is 11.6 Å². The Labute approximate surface area is 154 Å². The third-order valence-corrected chi connectivity index (χ3v) is 3.76. The van der Waals surface area contributed by atoms with Crippen LogP contribution in [0.5, 0.6) is 0 Å². The molecule has 0 unspecified atom stereocenters.